The van der Waals surface area contributed by atoms with Gasteiger partial charge in [-0.3, -0.25) is 9.36 Å². The van der Waals surface area contributed by atoms with Crippen molar-refractivity contribution in [3.63, 3.8) is 0 Å². The molecule has 0 heterocycles. The van der Waals surface area contributed by atoms with Gasteiger partial charge in [0.15, 0.2) is 6.10 Å². The van der Waals surface area contributed by atoms with Crippen molar-refractivity contribution >= 4 is 13.8 Å². The van der Waals surface area contributed by atoms with E-state index in [1.54, 1.807) is 6.26 Å². The molecule has 9 heteroatoms. The molecule has 0 aromatic rings. The van der Waals surface area contributed by atoms with Gasteiger partial charge in [0.1, 0.15) is 19.8 Å². The minimum absolute atomic E-state index is 0.00871. The van der Waals surface area contributed by atoms with E-state index in [0.717, 1.165) is 19.3 Å². The van der Waals surface area contributed by atoms with Crippen molar-refractivity contribution in [3.8, 4) is 0 Å². The number of nitrogens with zero attached hydrogens (tertiary/aromatic N) is 1. The molecule has 326 valence electrons. The van der Waals surface area contributed by atoms with E-state index in [2.05, 4.69) is 19.9 Å². The predicted octanol–water partition coefficient (Wildman–Crippen LogP) is 13.3. The Morgan fingerprint density at radius 3 is 1.40 bits per heavy atom. The van der Waals surface area contributed by atoms with Crippen molar-refractivity contribution in [2.45, 2.75) is 219 Å². The van der Waals surface area contributed by atoms with Crippen LogP contribution in [0.25, 0.3) is 0 Å². The molecule has 0 saturated heterocycles. The number of ether oxygens (including phenoxy) is 2. The third-order valence-electron chi connectivity index (χ3n) is 10.1. The van der Waals surface area contributed by atoms with Crippen molar-refractivity contribution in [1.29, 1.82) is 0 Å². The quantitative estimate of drug-likeness (QED) is 0.0151. The minimum atomic E-state index is -4.55. The lowest BCUT2D eigenvalue weighted by molar-refractivity contribution is -0.870. The fourth-order valence-electron chi connectivity index (χ4n) is 6.47. The van der Waals surface area contributed by atoms with Gasteiger partial charge in [-0.2, -0.15) is 0 Å². The van der Waals surface area contributed by atoms with Gasteiger partial charge in [-0.15, -0.1) is 0 Å². The van der Waals surface area contributed by atoms with Crippen molar-refractivity contribution in [2.24, 2.45) is 0 Å². The van der Waals surface area contributed by atoms with Gasteiger partial charge in [0.25, 0.3) is 7.82 Å². The summed E-state index contributed by atoms with van der Waals surface area (Å²) >= 11 is 0. The second kappa shape index (κ2) is 39.6. The standard InChI is InChI=1S/C46H90NO7P/c1-6-8-10-12-14-16-18-20-22-23-24-26-28-30-32-34-36-38-41-51-43-45(44-53-55(49,50)52-42-40-47(3,4)5)54-46(48)39-37-35-33-31-29-27-25-21-19-17-15-13-11-9-7-2/h33,35,38,41,45H,6-32,34,36-37,39-40,42-44H2,1-5H3/b35-33+,41-38+/t45-/m1/s1. The Labute approximate surface area is 341 Å². The molecule has 0 fully saturated rings. The molecular weight excluding hydrogens is 709 g/mol. The molecule has 1 unspecified atom stereocenters. The largest absolute Gasteiger partial charge is 0.756 e. The molecule has 0 amide bonds. The highest BCUT2D eigenvalue weighted by Crippen LogP contribution is 2.38. The number of rotatable bonds is 43. The monoisotopic (exact) mass is 800 g/mol. The van der Waals surface area contributed by atoms with E-state index in [1.807, 2.05) is 33.3 Å². The van der Waals surface area contributed by atoms with Gasteiger partial charge in [-0.25, -0.2) is 0 Å². The zero-order chi connectivity index (χ0) is 40.6. The Morgan fingerprint density at radius 2 is 0.964 bits per heavy atom. The van der Waals surface area contributed by atoms with Gasteiger partial charge in [0, 0.05) is 6.42 Å². The Hall–Kier alpha value is -1.18. The number of phosphoric acid groups is 1. The average Bonchev–Trinajstić information content (AvgIpc) is 3.13. The van der Waals surface area contributed by atoms with E-state index in [1.165, 1.54) is 167 Å². The first-order valence-electron chi connectivity index (χ1n) is 23.1. The number of hydrogen-bond acceptors (Lipinski definition) is 7. The highest BCUT2D eigenvalue weighted by Gasteiger charge is 2.20. The van der Waals surface area contributed by atoms with E-state index < -0.39 is 19.9 Å². The lowest BCUT2D eigenvalue weighted by atomic mass is 10.0. The van der Waals surface area contributed by atoms with Crippen LogP contribution >= 0.6 is 7.82 Å². The zero-order valence-electron chi connectivity index (χ0n) is 36.9. The molecule has 2 atom stereocenters. The summed E-state index contributed by atoms with van der Waals surface area (Å²) in [7, 11) is 1.31. The van der Waals surface area contributed by atoms with E-state index in [0.29, 0.717) is 17.4 Å². The number of likely N-dealkylation sites (N-methyl/N-ethyl adjacent to an activating group) is 1. The van der Waals surface area contributed by atoms with Crippen molar-refractivity contribution < 1.29 is 37.3 Å². The molecule has 0 aromatic heterocycles. The highest BCUT2D eigenvalue weighted by atomic mass is 31.2. The van der Waals surface area contributed by atoms with Crippen LogP contribution in [0.15, 0.2) is 24.5 Å². The number of esters is 1. The maximum atomic E-state index is 12.6. The number of allylic oxidation sites excluding steroid dienone is 3. The van der Waals surface area contributed by atoms with Crippen LogP contribution in [0, 0.1) is 0 Å². The van der Waals surface area contributed by atoms with Gasteiger partial charge in [-0.05, 0) is 38.2 Å². The van der Waals surface area contributed by atoms with Crippen LogP contribution in [0.5, 0.6) is 0 Å². The summed E-state index contributed by atoms with van der Waals surface area (Å²) < 4.78 is 34.3. The summed E-state index contributed by atoms with van der Waals surface area (Å²) in [5.74, 6) is -0.402. The molecule has 8 nitrogen and oxygen atoms in total. The second-order valence-corrected chi connectivity index (χ2v) is 18.2. The summed E-state index contributed by atoms with van der Waals surface area (Å²) in [6.07, 6.45) is 45.9. The summed E-state index contributed by atoms with van der Waals surface area (Å²) in [5, 5.41) is 0. The highest BCUT2D eigenvalue weighted by molar-refractivity contribution is 7.45. The summed E-state index contributed by atoms with van der Waals surface area (Å²) in [5.41, 5.74) is 0. The topological polar surface area (TPSA) is 94.1 Å². The minimum Gasteiger partial charge on any atom is -0.756 e. The van der Waals surface area contributed by atoms with Crippen molar-refractivity contribution in [2.75, 3.05) is 47.5 Å². The van der Waals surface area contributed by atoms with E-state index in [4.69, 9.17) is 18.5 Å². The van der Waals surface area contributed by atoms with Gasteiger partial charge in [0.2, 0.25) is 0 Å². The van der Waals surface area contributed by atoms with Gasteiger partial charge in [-0.1, -0.05) is 187 Å². The molecule has 0 radical (unpaired) electrons. The second-order valence-electron chi connectivity index (χ2n) is 16.8. The fourth-order valence-corrected chi connectivity index (χ4v) is 7.20. The van der Waals surface area contributed by atoms with Gasteiger partial charge in [0.05, 0.1) is 34.0 Å². The summed E-state index contributed by atoms with van der Waals surface area (Å²) in [4.78, 5) is 25.0. The van der Waals surface area contributed by atoms with Crippen molar-refractivity contribution in [1.82, 2.24) is 0 Å². The fraction of sp³-hybridized carbons (Fsp3) is 0.891. The molecule has 0 aliphatic carbocycles. The molecule has 0 aromatic carbocycles. The van der Waals surface area contributed by atoms with E-state index >= 15 is 0 Å². The first-order chi connectivity index (χ1) is 26.6. The number of quaternary nitrogens is 1. The third-order valence-corrected chi connectivity index (χ3v) is 11.0. The molecule has 0 bridgehead atoms. The van der Waals surface area contributed by atoms with Crippen molar-refractivity contribution in [3.05, 3.63) is 24.5 Å². The number of phosphoric ester groups is 1. The molecule has 0 aliphatic heterocycles. The zero-order valence-corrected chi connectivity index (χ0v) is 37.8. The van der Waals surface area contributed by atoms with Gasteiger partial charge >= 0.3 is 5.97 Å². The smallest absolute Gasteiger partial charge is 0.306 e. The summed E-state index contributed by atoms with van der Waals surface area (Å²) in [6, 6.07) is 0. The Kier molecular flexibility index (Phi) is 38.8. The third kappa shape index (κ3) is 43.8. The molecule has 55 heavy (non-hydrogen) atoms. The molecule has 0 N–H and O–H groups in total. The molecule has 0 rings (SSSR count). The number of hydrogen-bond donors (Lipinski definition) is 0. The Bertz CT molecular complexity index is 936. The van der Waals surface area contributed by atoms with Crippen LogP contribution in [0.1, 0.15) is 213 Å². The maximum absolute atomic E-state index is 12.6. The van der Waals surface area contributed by atoms with E-state index in [9.17, 15) is 14.3 Å². The van der Waals surface area contributed by atoms with Crippen LogP contribution in [0.2, 0.25) is 0 Å². The normalized spacial score (nSPS) is 13.9. The number of carbonyl (C=O) groups excluding carboxylic acids is 1. The molecular formula is C46H90NO7P. The average molecular weight is 800 g/mol. The van der Waals surface area contributed by atoms with Gasteiger partial charge < -0.3 is 27.9 Å². The molecule has 0 spiro atoms. The number of unbranched alkanes of at least 4 members (excludes halogenated alkanes) is 27. The predicted molar refractivity (Wildman–Crippen MR) is 231 cm³/mol. The Balaban J connectivity index is 4.27. The van der Waals surface area contributed by atoms with Crippen LogP contribution in [0.4, 0.5) is 0 Å². The first kappa shape index (κ1) is 53.8. The molecule has 0 aliphatic rings. The Morgan fingerprint density at radius 1 is 0.564 bits per heavy atom. The van der Waals surface area contributed by atoms with Crippen LogP contribution in [0.3, 0.4) is 0 Å². The van der Waals surface area contributed by atoms with Crippen LogP contribution < -0.4 is 4.89 Å². The SMILES string of the molecule is CCCCCCCCCCCCC/C=C/CCC(=O)O[C@H](CO/C=C/CCCCCCCCCCCCCCCCCC)COP(=O)([O-])OCC[N+](C)(C)C. The molecule has 0 saturated carbocycles. The van der Waals surface area contributed by atoms with Crippen LogP contribution in [-0.2, 0) is 27.9 Å². The summed E-state index contributed by atoms with van der Waals surface area (Å²) in [6.45, 7) is 4.72. The lowest BCUT2D eigenvalue weighted by Gasteiger charge is -2.28. The lowest BCUT2D eigenvalue weighted by Crippen LogP contribution is -2.37. The van der Waals surface area contributed by atoms with E-state index in [-0.39, 0.29) is 26.2 Å². The maximum Gasteiger partial charge on any atom is 0.306 e. The number of carbonyl (C=O) groups is 1. The van der Waals surface area contributed by atoms with Crippen LogP contribution in [-0.4, -0.2) is 64.1 Å². The first-order valence-corrected chi connectivity index (χ1v) is 24.6.